The summed E-state index contributed by atoms with van der Waals surface area (Å²) < 4.78 is 0. The molecule has 0 saturated carbocycles. The van der Waals surface area contributed by atoms with Crippen molar-refractivity contribution in [2.75, 3.05) is 11.9 Å². The van der Waals surface area contributed by atoms with Crippen LogP contribution in [0.25, 0.3) is 11.2 Å². The van der Waals surface area contributed by atoms with Gasteiger partial charge in [-0.1, -0.05) is 30.4 Å². The first-order valence-electron chi connectivity index (χ1n) is 6.39. The Labute approximate surface area is 127 Å². The molecule has 0 unspecified atom stereocenters. The summed E-state index contributed by atoms with van der Waals surface area (Å²) in [4.78, 5) is 18.1. The van der Waals surface area contributed by atoms with Gasteiger partial charge < -0.3 is 15.6 Å². The molecule has 3 N–H and O–H groups in total. The number of hydrogen-bond acceptors (Lipinski definition) is 5. The summed E-state index contributed by atoms with van der Waals surface area (Å²) in [7, 11) is 1.97. The number of benzene rings is 1. The van der Waals surface area contributed by atoms with Gasteiger partial charge in [-0.25, -0.2) is 15.0 Å². The largest absolute Gasteiger partial charge is 0.389 e. The van der Waals surface area contributed by atoms with Crippen molar-refractivity contribution < 1.29 is 0 Å². The predicted octanol–water partition coefficient (Wildman–Crippen LogP) is 1.62. The van der Waals surface area contributed by atoms with E-state index in [9.17, 15) is 0 Å². The molecule has 0 radical (unpaired) electrons. The van der Waals surface area contributed by atoms with Crippen molar-refractivity contribution in [1.82, 2.24) is 19.9 Å². The van der Waals surface area contributed by atoms with Gasteiger partial charge in [-0.2, -0.15) is 0 Å². The molecule has 0 aliphatic carbocycles. The Kier molecular flexibility index (Phi) is 3.49. The van der Waals surface area contributed by atoms with Gasteiger partial charge in [0.1, 0.15) is 16.8 Å². The molecule has 0 fully saturated rings. The van der Waals surface area contributed by atoms with E-state index in [0.717, 1.165) is 22.5 Å². The number of rotatable bonds is 4. The first-order chi connectivity index (χ1) is 10.1. The molecule has 0 bridgehead atoms. The third kappa shape index (κ3) is 2.68. The lowest BCUT2D eigenvalue weighted by Crippen LogP contribution is -2.19. The lowest BCUT2D eigenvalue weighted by atomic mass is 10.1. The maximum atomic E-state index is 5.67. The molecular formula is C14H14N6S. The highest BCUT2D eigenvalue weighted by Crippen LogP contribution is 2.20. The van der Waals surface area contributed by atoms with Gasteiger partial charge in [0.2, 0.25) is 0 Å². The quantitative estimate of drug-likeness (QED) is 0.712. The van der Waals surface area contributed by atoms with E-state index in [1.165, 1.54) is 6.33 Å². The molecule has 3 rings (SSSR count). The first-order valence-corrected chi connectivity index (χ1v) is 6.80. The lowest BCUT2D eigenvalue weighted by Gasteiger charge is -2.18. The molecule has 2 aromatic heterocycles. The van der Waals surface area contributed by atoms with Crippen molar-refractivity contribution in [3.05, 3.63) is 48.0 Å². The van der Waals surface area contributed by atoms with E-state index in [-0.39, 0.29) is 0 Å². The Morgan fingerprint density at radius 3 is 3.00 bits per heavy atom. The topological polar surface area (TPSA) is 83.7 Å². The predicted molar refractivity (Wildman–Crippen MR) is 86.1 cm³/mol. The smallest absolute Gasteiger partial charge is 0.182 e. The number of aromatic amines is 1. The highest BCUT2D eigenvalue weighted by molar-refractivity contribution is 7.80. The number of anilines is 1. The summed E-state index contributed by atoms with van der Waals surface area (Å²) in [6.07, 6.45) is 3.13. The van der Waals surface area contributed by atoms with Gasteiger partial charge in [0.15, 0.2) is 11.5 Å². The minimum atomic E-state index is 0.400. The maximum Gasteiger partial charge on any atom is 0.182 e. The van der Waals surface area contributed by atoms with E-state index in [2.05, 4.69) is 19.9 Å². The number of fused-ring (bicyclic) bond motifs is 1. The van der Waals surface area contributed by atoms with Crippen LogP contribution in [0.4, 0.5) is 5.82 Å². The number of H-pyrrole nitrogens is 1. The lowest BCUT2D eigenvalue weighted by molar-refractivity contribution is 0.898. The standard InChI is InChI=1S/C14H14N6S/c1-20(6-9-3-2-4-10(5-9)12(15)21)14-11-13(17-7-16-11)18-8-19-14/h2-5,7-8H,6H2,1H3,(H2,15,21)(H,16,17,18,19). The van der Waals surface area contributed by atoms with E-state index < -0.39 is 0 Å². The highest BCUT2D eigenvalue weighted by atomic mass is 32.1. The zero-order chi connectivity index (χ0) is 14.8. The van der Waals surface area contributed by atoms with Crippen LogP contribution >= 0.6 is 12.2 Å². The summed E-state index contributed by atoms with van der Waals surface area (Å²) in [5, 5.41) is 0. The van der Waals surface area contributed by atoms with Crippen LogP contribution in [0.2, 0.25) is 0 Å². The third-order valence-corrected chi connectivity index (χ3v) is 3.43. The first kappa shape index (κ1) is 13.4. The minimum Gasteiger partial charge on any atom is -0.389 e. The SMILES string of the molecule is CN(Cc1cccc(C(N)=S)c1)c1ncnc2nc[nH]c12. The van der Waals surface area contributed by atoms with Gasteiger partial charge in [-0.05, 0) is 11.6 Å². The van der Waals surface area contributed by atoms with Crippen molar-refractivity contribution in [1.29, 1.82) is 0 Å². The van der Waals surface area contributed by atoms with Crippen LogP contribution in [0, 0.1) is 0 Å². The molecule has 106 valence electrons. The minimum absolute atomic E-state index is 0.400. The highest BCUT2D eigenvalue weighted by Gasteiger charge is 2.11. The fourth-order valence-corrected chi connectivity index (χ4v) is 2.34. The molecule has 0 atom stereocenters. The van der Waals surface area contributed by atoms with Crippen molar-refractivity contribution >= 4 is 34.2 Å². The number of thiocarbonyl (C=S) groups is 1. The molecule has 0 amide bonds. The molecule has 7 heteroatoms. The van der Waals surface area contributed by atoms with Gasteiger partial charge in [0.05, 0.1) is 6.33 Å². The van der Waals surface area contributed by atoms with E-state index in [4.69, 9.17) is 18.0 Å². The monoisotopic (exact) mass is 298 g/mol. The summed E-state index contributed by atoms with van der Waals surface area (Å²) in [5.41, 5.74) is 9.12. The molecule has 0 aliphatic rings. The van der Waals surface area contributed by atoms with E-state index in [0.29, 0.717) is 17.2 Å². The Bertz CT molecular complexity index is 797. The summed E-state index contributed by atoms with van der Waals surface area (Å²) in [6, 6.07) is 7.88. The van der Waals surface area contributed by atoms with E-state index in [1.807, 2.05) is 36.2 Å². The zero-order valence-corrected chi connectivity index (χ0v) is 12.3. The summed E-state index contributed by atoms with van der Waals surface area (Å²) in [5.74, 6) is 0.804. The van der Waals surface area contributed by atoms with Gasteiger partial charge in [0, 0.05) is 19.2 Å². The zero-order valence-electron chi connectivity index (χ0n) is 11.4. The van der Waals surface area contributed by atoms with Gasteiger partial charge in [-0.3, -0.25) is 0 Å². The molecule has 6 nitrogen and oxygen atoms in total. The van der Waals surface area contributed by atoms with Crippen LogP contribution in [-0.4, -0.2) is 32.0 Å². The van der Waals surface area contributed by atoms with Crippen LogP contribution in [0.1, 0.15) is 11.1 Å². The number of nitrogens with one attached hydrogen (secondary N) is 1. The molecule has 2 heterocycles. The molecular weight excluding hydrogens is 284 g/mol. The molecule has 21 heavy (non-hydrogen) atoms. The second-order valence-corrected chi connectivity index (χ2v) is 5.16. The van der Waals surface area contributed by atoms with E-state index in [1.54, 1.807) is 6.33 Å². The molecule has 1 aromatic carbocycles. The van der Waals surface area contributed by atoms with Crippen LogP contribution < -0.4 is 10.6 Å². The third-order valence-electron chi connectivity index (χ3n) is 3.20. The van der Waals surface area contributed by atoms with Crippen LogP contribution in [0.15, 0.2) is 36.9 Å². The van der Waals surface area contributed by atoms with Crippen LogP contribution in [0.3, 0.4) is 0 Å². The summed E-state index contributed by atoms with van der Waals surface area (Å²) >= 11 is 5.01. The summed E-state index contributed by atoms with van der Waals surface area (Å²) in [6.45, 7) is 0.682. The van der Waals surface area contributed by atoms with Gasteiger partial charge in [0.25, 0.3) is 0 Å². The number of aromatic nitrogens is 4. The molecule has 0 saturated heterocycles. The van der Waals surface area contributed by atoms with Gasteiger partial charge >= 0.3 is 0 Å². The second-order valence-electron chi connectivity index (χ2n) is 4.72. The van der Waals surface area contributed by atoms with Crippen molar-refractivity contribution in [2.45, 2.75) is 6.54 Å². The second kappa shape index (κ2) is 5.45. The average Bonchev–Trinajstić information content (AvgIpc) is 2.95. The van der Waals surface area contributed by atoms with Crippen molar-refractivity contribution in [3.8, 4) is 0 Å². The van der Waals surface area contributed by atoms with Crippen LogP contribution in [-0.2, 0) is 6.54 Å². The Hall–Kier alpha value is -2.54. The van der Waals surface area contributed by atoms with Crippen LogP contribution in [0.5, 0.6) is 0 Å². The fourth-order valence-electron chi connectivity index (χ4n) is 2.21. The maximum absolute atomic E-state index is 5.67. The normalized spacial score (nSPS) is 10.7. The number of nitrogens with zero attached hydrogens (tertiary/aromatic N) is 4. The number of nitrogens with two attached hydrogens (primary N) is 1. The number of imidazole rings is 1. The Morgan fingerprint density at radius 2 is 2.19 bits per heavy atom. The van der Waals surface area contributed by atoms with E-state index >= 15 is 0 Å². The van der Waals surface area contributed by atoms with Gasteiger partial charge in [-0.15, -0.1) is 0 Å². The fraction of sp³-hybridized carbons (Fsp3) is 0.143. The Balaban J connectivity index is 1.89. The molecule has 3 aromatic rings. The van der Waals surface area contributed by atoms with Crippen molar-refractivity contribution in [2.24, 2.45) is 5.73 Å². The molecule has 0 spiro atoms. The molecule has 0 aliphatic heterocycles. The van der Waals surface area contributed by atoms with Crippen molar-refractivity contribution in [3.63, 3.8) is 0 Å². The average molecular weight is 298 g/mol. The Morgan fingerprint density at radius 1 is 1.33 bits per heavy atom. The number of hydrogen-bond donors (Lipinski definition) is 2.